The molecule has 0 saturated heterocycles. The minimum absolute atomic E-state index is 0.317. The molecule has 0 aromatic carbocycles. The highest BCUT2D eigenvalue weighted by molar-refractivity contribution is 7.09. The van der Waals surface area contributed by atoms with Gasteiger partial charge in [0, 0.05) is 35.4 Å². The van der Waals surface area contributed by atoms with Crippen LogP contribution >= 0.6 is 11.3 Å². The van der Waals surface area contributed by atoms with Crippen LogP contribution in [0.15, 0.2) is 51.6 Å². The highest BCUT2D eigenvalue weighted by Crippen LogP contribution is 2.15. The van der Waals surface area contributed by atoms with Crippen LogP contribution in [0, 0.1) is 0 Å². The van der Waals surface area contributed by atoms with Crippen LogP contribution < -0.4 is 0 Å². The summed E-state index contributed by atoms with van der Waals surface area (Å²) in [6, 6.07) is 2.20. The summed E-state index contributed by atoms with van der Waals surface area (Å²) in [5.41, 5.74) is 0. The van der Waals surface area contributed by atoms with Gasteiger partial charge < -0.3 is 8.94 Å². The molecule has 0 radical (unpaired) electrons. The average molecular weight is 582 g/mol. The normalized spacial score (nSPS) is 8.90. The number of aromatic nitrogens is 7. The Hall–Kier alpha value is -2.88. The maximum atomic E-state index is 4.98. The molecule has 4 aromatic rings. The summed E-state index contributed by atoms with van der Waals surface area (Å²) in [6.45, 7) is 32.5. The minimum atomic E-state index is 0.317. The number of hydrogen-bond acceptors (Lipinski definition) is 9. The Morgan fingerprint density at radius 2 is 1.32 bits per heavy atom. The van der Waals surface area contributed by atoms with Gasteiger partial charge in [-0.15, -0.1) is 21.5 Å². The Kier molecular flexibility index (Phi) is 35.7. The fourth-order valence-corrected chi connectivity index (χ4v) is 2.63. The predicted octanol–water partition coefficient (Wildman–Crippen LogP) is 10.2. The highest BCUT2D eigenvalue weighted by atomic mass is 32.1. The molecular weight excluding hydrogens is 522 g/mol. The first-order chi connectivity index (χ1) is 19.2. The van der Waals surface area contributed by atoms with Crippen molar-refractivity contribution in [2.45, 2.75) is 135 Å². The number of thiazole rings is 1. The zero-order valence-electron chi connectivity index (χ0n) is 28.2. The largest absolute Gasteiger partial charge is 0.449 e. The lowest BCUT2D eigenvalue weighted by Crippen LogP contribution is -2.04. The van der Waals surface area contributed by atoms with Gasteiger partial charge in [-0.1, -0.05) is 102 Å². The van der Waals surface area contributed by atoms with E-state index in [0.717, 1.165) is 11.7 Å². The number of oxazole rings is 1. The van der Waals surface area contributed by atoms with Crippen molar-refractivity contribution in [3.05, 3.63) is 59.3 Å². The number of hydrogen-bond donors (Lipinski definition) is 0. The van der Waals surface area contributed by atoms with Crippen LogP contribution in [0.5, 0.6) is 0 Å². The van der Waals surface area contributed by atoms with Gasteiger partial charge in [0.25, 0.3) is 0 Å². The van der Waals surface area contributed by atoms with Crippen molar-refractivity contribution in [2.75, 3.05) is 0 Å². The van der Waals surface area contributed by atoms with Gasteiger partial charge >= 0.3 is 0 Å². The van der Waals surface area contributed by atoms with Crippen LogP contribution in [0.2, 0.25) is 0 Å². The van der Waals surface area contributed by atoms with Gasteiger partial charge in [-0.3, -0.25) is 0 Å². The van der Waals surface area contributed by atoms with Crippen LogP contribution in [0.4, 0.5) is 0 Å². The topological polar surface area (TPSA) is 109 Å². The van der Waals surface area contributed by atoms with Crippen LogP contribution in [0.1, 0.15) is 151 Å². The number of rotatable bonds is 4. The van der Waals surface area contributed by atoms with E-state index < -0.39 is 0 Å². The quantitative estimate of drug-likeness (QED) is 0.234. The van der Waals surface area contributed by atoms with Crippen molar-refractivity contribution >= 4 is 11.3 Å². The third-order valence-corrected chi connectivity index (χ3v) is 4.82. The first kappa shape index (κ1) is 44.1. The van der Waals surface area contributed by atoms with E-state index in [0.29, 0.717) is 23.8 Å². The molecule has 0 aliphatic carbocycles. The van der Waals surface area contributed by atoms with Gasteiger partial charge in [0.05, 0.1) is 23.4 Å². The van der Waals surface area contributed by atoms with E-state index in [1.165, 1.54) is 11.3 Å². The van der Waals surface area contributed by atoms with E-state index in [1.807, 2.05) is 101 Å². The predicted molar refractivity (Wildman–Crippen MR) is 171 cm³/mol. The van der Waals surface area contributed by atoms with Gasteiger partial charge in [0.2, 0.25) is 0 Å². The lowest BCUT2D eigenvalue weighted by atomic mass is 10.2. The summed E-state index contributed by atoms with van der Waals surface area (Å²) in [7, 11) is 0. The molecule has 0 bridgehead atoms. The second-order valence-electron chi connectivity index (χ2n) is 7.97. The van der Waals surface area contributed by atoms with E-state index in [4.69, 9.17) is 8.94 Å². The summed E-state index contributed by atoms with van der Waals surface area (Å²) in [4.78, 5) is 9.64. The van der Waals surface area contributed by atoms with Crippen LogP contribution in [-0.4, -0.2) is 35.3 Å². The number of tetrazole rings is 1. The summed E-state index contributed by atoms with van der Waals surface area (Å²) in [6.07, 6.45) is 8.19. The monoisotopic (exact) mass is 581 g/mol. The molecule has 0 fully saturated rings. The van der Waals surface area contributed by atoms with E-state index in [9.17, 15) is 0 Å². The molecule has 10 heteroatoms. The minimum Gasteiger partial charge on any atom is -0.449 e. The smallest absolute Gasteiger partial charge is 0.196 e. The molecule has 0 atom stereocenters. The van der Waals surface area contributed by atoms with Crippen molar-refractivity contribution < 1.29 is 8.94 Å². The molecule has 4 aromatic heterocycles. The molecule has 0 aliphatic rings. The molecule has 40 heavy (non-hydrogen) atoms. The van der Waals surface area contributed by atoms with Crippen molar-refractivity contribution in [1.82, 2.24) is 35.3 Å². The van der Waals surface area contributed by atoms with Crippen LogP contribution in [0.25, 0.3) is 0 Å². The number of nitrogens with zero attached hydrogens (tertiary/aromatic N) is 7. The van der Waals surface area contributed by atoms with Crippen LogP contribution in [0.3, 0.4) is 0 Å². The average Bonchev–Trinajstić information content (AvgIpc) is 3.81. The molecule has 4 rings (SSSR count). The lowest BCUT2D eigenvalue weighted by Gasteiger charge is -1.97. The third kappa shape index (κ3) is 24.2. The molecule has 0 unspecified atom stereocenters. The van der Waals surface area contributed by atoms with E-state index in [1.54, 1.807) is 34.8 Å². The summed E-state index contributed by atoms with van der Waals surface area (Å²) in [5.74, 6) is 3.22. The second kappa shape index (κ2) is 32.3. The van der Waals surface area contributed by atoms with Crippen LogP contribution in [-0.2, 0) is 0 Å². The summed E-state index contributed by atoms with van der Waals surface area (Å²) >= 11 is 1.72. The van der Waals surface area contributed by atoms with Crippen molar-refractivity contribution in [2.24, 2.45) is 0 Å². The zero-order valence-corrected chi connectivity index (χ0v) is 29.0. The molecule has 4 heterocycles. The van der Waals surface area contributed by atoms with Crippen molar-refractivity contribution in [1.29, 1.82) is 0 Å². The Morgan fingerprint density at radius 1 is 0.725 bits per heavy atom. The molecule has 232 valence electrons. The van der Waals surface area contributed by atoms with Crippen molar-refractivity contribution in [3.63, 3.8) is 0 Å². The molecule has 0 aliphatic heterocycles. The fourth-order valence-electron chi connectivity index (χ4n) is 1.97. The van der Waals surface area contributed by atoms with Crippen molar-refractivity contribution in [3.8, 4) is 0 Å². The first-order valence-corrected chi connectivity index (χ1v) is 15.5. The standard InChI is InChI=1S/2C6H9NO.C6H9NS.C4H8N4.4C2H6/c1-5(2)6-7-3-4-8-6;1-5(2)6-3-4-7-8-6;1-5(2)6-7-3-4-8-6;1-4(2)8-6-3-5-7-8;4*1-2/h3*3-5H,1-2H3;3-4H,1-2H3;4*1-2H3. The lowest BCUT2D eigenvalue weighted by molar-refractivity contribution is 0.371. The fraction of sp³-hybridized carbons (Fsp3) is 0.667. The third-order valence-electron chi connectivity index (χ3n) is 3.74. The summed E-state index contributed by atoms with van der Waals surface area (Å²) in [5, 5.41) is 17.8. The molecule has 0 amide bonds. The zero-order chi connectivity index (χ0) is 31.9. The van der Waals surface area contributed by atoms with Gasteiger partial charge in [-0.05, 0) is 19.1 Å². The first-order valence-electron chi connectivity index (χ1n) is 14.6. The Bertz CT molecular complexity index is 737. The Labute approximate surface area is 249 Å². The van der Waals surface area contributed by atoms with E-state index in [-0.39, 0.29) is 0 Å². The molecule has 0 saturated carbocycles. The molecule has 0 N–H and O–H groups in total. The summed E-state index contributed by atoms with van der Waals surface area (Å²) < 4.78 is 9.83. The maximum Gasteiger partial charge on any atom is 0.196 e. The molecular formula is C30H59N7O2S. The van der Waals surface area contributed by atoms with Gasteiger partial charge in [0.1, 0.15) is 12.0 Å². The Morgan fingerprint density at radius 3 is 1.52 bits per heavy atom. The van der Waals surface area contributed by atoms with Gasteiger partial charge in [0.15, 0.2) is 12.2 Å². The maximum absolute atomic E-state index is 4.98. The SMILES string of the molecule is CC.CC.CC.CC.CC(C)c1ccno1.CC(C)c1ncco1.CC(C)c1nccs1.CC(C)n1ncnn1. The van der Waals surface area contributed by atoms with Gasteiger partial charge in [-0.2, -0.15) is 4.80 Å². The second-order valence-corrected chi connectivity index (χ2v) is 8.90. The Balaban J connectivity index is -0.000000199. The van der Waals surface area contributed by atoms with Gasteiger partial charge in [-0.25, -0.2) is 9.97 Å². The molecule has 0 spiro atoms. The molecule has 9 nitrogen and oxygen atoms in total. The van der Waals surface area contributed by atoms with E-state index >= 15 is 0 Å². The van der Waals surface area contributed by atoms with E-state index in [2.05, 4.69) is 58.2 Å². The highest BCUT2D eigenvalue weighted by Gasteiger charge is 2.01.